The molecule has 0 bridgehead atoms. The van der Waals surface area contributed by atoms with E-state index >= 15 is 0 Å². The molecule has 0 saturated carbocycles. The Kier molecular flexibility index (Phi) is 3.16. The SMILES string of the molecule is Cc1cc(NS(=O)(=O)c2ccn[nH]2)ncc1Br. The molecule has 90 valence electrons. The second-order valence-corrected chi connectivity index (χ2v) is 5.85. The molecule has 0 unspecified atom stereocenters. The molecule has 2 aromatic heterocycles. The van der Waals surface area contributed by atoms with Crippen LogP contribution < -0.4 is 4.72 Å². The van der Waals surface area contributed by atoms with Crippen LogP contribution in [-0.2, 0) is 10.0 Å². The maximum absolute atomic E-state index is 11.8. The number of pyridine rings is 1. The van der Waals surface area contributed by atoms with Crippen LogP contribution in [0.4, 0.5) is 5.82 Å². The lowest BCUT2D eigenvalue weighted by Gasteiger charge is -2.06. The third kappa shape index (κ3) is 2.64. The molecule has 6 nitrogen and oxygen atoms in total. The Morgan fingerprint density at radius 2 is 2.24 bits per heavy atom. The summed E-state index contributed by atoms with van der Waals surface area (Å²) in [6.07, 6.45) is 2.91. The van der Waals surface area contributed by atoms with Crippen molar-refractivity contribution >= 4 is 31.8 Å². The highest BCUT2D eigenvalue weighted by Crippen LogP contribution is 2.19. The van der Waals surface area contributed by atoms with Gasteiger partial charge in [0.15, 0.2) is 5.03 Å². The maximum Gasteiger partial charge on any atom is 0.279 e. The fourth-order valence-corrected chi connectivity index (χ4v) is 2.31. The number of sulfonamides is 1. The van der Waals surface area contributed by atoms with Crippen LogP contribution >= 0.6 is 15.9 Å². The molecule has 2 aromatic rings. The van der Waals surface area contributed by atoms with E-state index in [-0.39, 0.29) is 10.8 Å². The van der Waals surface area contributed by atoms with Crippen LogP contribution in [0.1, 0.15) is 5.56 Å². The number of hydrogen-bond donors (Lipinski definition) is 2. The van der Waals surface area contributed by atoms with Crippen molar-refractivity contribution in [1.29, 1.82) is 0 Å². The number of aryl methyl sites for hydroxylation is 1. The van der Waals surface area contributed by atoms with Gasteiger partial charge in [-0.25, -0.2) is 4.98 Å². The van der Waals surface area contributed by atoms with Gasteiger partial charge >= 0.3 is 0 Å². The van der Waals surface area contributed by atoms with Crippen LogP contribution in [0.2, 0.25) is 0 Å². The quantitative estimate of drug-likeness (QED) is 0.901. The van der Waals surface area contributed by atoms with E-state index in [0.717, 1.165) is 10.0 Å². The van der Waals surface area contributed by atoms with Crippen LogP contribution in [-0.4, -0.2) is 23.6 Å². The minimum atomic E-state index is -3.65. The highest BCUT2D eigenvalue weighted by atomic mass is 79.9. The number of halogens is 1. The van der Waals surface area contributed by atoms with Gasteiger partial charge in [-0.05, 0) is 40.5 Å². The molecule has 0 radical (unpaired) electrons. The minimum Gasteiger partial charge on any atom is -0.266 e. The van der Waals surface area contributed by atoms with E-state index in [1.807, 2.05) is 6.92 Å². The first-order valence-electron chi connectivity index (χ1n) is 4.63. The summed E-state index contributed by atoms with van der Waals surface area (Å²) < 4.78 is 26.8. The van der Waals surface area contributed by atoms with E-state index in [1.54, 1.807) is 12.3 Å². The average molecular weight is 317 g/mol. The van der Waals surface area contributed by atoms with Crippen molar-refractivity contribution in [3.63, 3.8) is 0 Å². The lowest BCUT2D eigenvalue weighted by Crippen LogP contribution is -2.14. The Labute approximate surface area is 107 Å². The Morgan fingerprint density at radius 1 is 1.47 bits per heavy atom. The zero-order valence-corrected chi connectivity index (χ0v) is 11.2. The molecule has 2 rings (SSSR count). The highest BCUT2D eigenvalue weighted by Gasteiger charge is 2.16. The van der Waals surface area contributed by atoms with Gasteiger partial charge in [-0.1, -0.05) is 0 Å². The van der Waals surface area contributed by atoms with Gasteiger partial charge < -0.3 is 0 Å². The summed E-state index contributed by atoms with van der Waals surface area (Å²) in [5, 5.41) is 5.98. The molecule has 0 atom stereocenters. The number of H-pyrrole nitrogens is 1. The monoisotopic (exact) mass is 316 g/mol. The van der Waals surface area contributed by atoms with Gasteiger partial charge in [-0.15, -0.1) is 0 Å². The summed E-state index contributed by atoms with van der Waals surface area (Å²) in [6, 6.07) is 3.01. The average Bonchev–Trinajstić information content (AvgIpc) is 2.77. The predicted molar refractivity (Wildman–Crippen MR) is 66.1 cm³/mol. The van der Waals surface area contributed by atoms with Gasteiger partial charge in [-0.2, -0.15) is 13.5 Å². The first kappa shape index (κ1) is 12.1. The van der Waals surface area contributed by atoms with Gasteiger partial charge in [0.05, 0.1) is 6.20 Å². The van der Waals surface area contributed by atoms with E-state index < -0.39 is 10.0 Å². The van der Waals surface area contributed by atoms with E-state index in [1.165, 1.54) is 12.3 Å². The molecule has 0 aliphatic carbocycles. The Morgan fingerprint density at radius 3 is 2.82 bits per heavy atom. The van der Waals surface area contributed by atoms with Crippen LogP contribution in [0.5, 0.6) is 0 Å². The molecular weight excluding hydrogens is 308 g/mol. The van der Waals surface area contributed by atoms with Gasteiger partial charge in [0.2, 0.25) is 0 Å². The van der Waals surface area contributed by atoms with E-state index in [9.17, 15) is 8.42 Å². The second kappa shape index (κ2) is 4.46. The number of aromatic amines is 1. The summed E-state index contributed by atoms with van der Waals surface area (Å²) in [5.74, 6) is 0.264. The number of nitrogens with zero attached hydrogens (tertiary/aromatic N) is 2. The second-order valence-electron chi connectivity index (χ2n) is 3.35. The van der Waals surface area contributed by atoms with Crippen LogP contribution in [0.3, 0.4) is 0 Å². The third-order valence-corrected chi connectivity index (χ3v) is 4.16. The first-order valence-corrected chi connectivity index (χ1v) is 6.91. The minimum absolute atomic E-state index is 0.000119. The fourth-order valence-electron chi connectivity index (χ4n) is 1.18. The zero-order chi connectivity index (χ0) is 12.5. The molecule has 0 fully saturated rings. The maximum atomic E-state index is 11.8. The van der Waals surface area contributed by atoms with Crippen molar-refractivity contribution in [2.75, 3.05) is 4.72 Å². The zero-order valence-electron chi connectivity index (χ0n) is 8.81. The number of nitrogens with one attached hydrogen (secondary N) is 2. The Hall–Kier alpha value is -1.41. The molecule has 2 heterocycles. The van der Waals surface area contributed by atoms with Crippen LogP contribution in [0, 0.1) is 6.92 Å². The topological polar surface area (TPSA) is 87.7 Å². The van der Waals surface area contributed by atoms with E-state index in [0.29, 0.717) is 0 Å². The van der Waals surface area contributed by atoms with Crippen LogP contribution in [0.25, 0.3) is 0 Å². The normalized spacial score (nSPS) is 11.4. The molecule has 0 aromatic carbocycles. The number of aromatic nitrogens is 3. The predicted octanol–water partition coefficient (Wildman–Crippen LogP) is 1.68. The van der Waals surface area contributed by atoms with Gasteiger partial charge in [0, 0.05) is 10.7 Å². The largest absolute Gasteiger partial charge is 0.279 e. The lowest BCUT2D eigenvalue weighted by molar-refractivity contribution is 0.597. The van der Waals surface area contributed by atoms with Crippen molar-refractivity contribution in [2.24, 2.45) is 0 Å². The van der Waals surface area contributed by atoms with E-state index in [2.05, 4.69) is 35.8 Å². The van der Waals surface area contributed by atoms with Crippen molar-refractivity contribution in [3.8, 4) is 0 Å². The summed E-state index contributed by atoms with van der Waals surface area (Å²) in [4.78, 5) is 3.96. The van der Waals surface area contributed by atoms with Crippen molar-refractivity contribution in [2.45, 2.75) is 11.9 Å². The first-order chi connectivity index (χ1) is 7.99. The Balaban J connectivity index is 2.30. The summed E-state index contributed by atoms with van der Waals surface area (Å²) in [6.45, 7) is 1.85. The van der Waals surface area contributed by atoms with Gasteiger partial charge in [-0.3, -0.25) is 9.82 Å². The third-order valence-electron chi connectivity index (χ3n) is 2.05. The highest BCUT2D eigenvalue weighted by molar-refractivity contribution is 9.10. The molecule has 0 aliphatic heterocycles. The van der Waals surface area contributed by atoms with Crippen molar-refractivity contribution < 1.29 is 8.42 Å². The Bertz CT molecular complexity index is 624. The molecule has 0 amide bonds. The molecule has 0 saturated heterocycles. The summed E-state index contributed by atoms with van der Waals surface area (Å²) in [5.41, 5.74) is 0.891. The number of rotatable bonds is 3. The number of anilines is 1. The number of hydrogen-bond acceptors (Lipinski definition) is 4. The van der Waals surface area contributed by atoms with Gasteiger partial charge in [0.1, 0.15) is 5.82 Å². The molecular formula is C9H9BrN4O2S. The smallest absolute Gasteiger partial charge is 0.266 e. The molecule has 0 aliphatic rings. The lowest BCUT2D eigenvalue weighted by atomic mass is 10.3. The van der Waals surface area contributed by atoms with Crippen molar-refractivity contribution in [1.82, 2.24) is 15.2 Å². The molecule has 0 spiro atoms. The summed E-state index contributed by atoms with van der Waals surface area (Å²) >= 11 is 3.29. The van der Waals surface area contributed by atoms with E-state index in [4.69, 9.17) is 0 Å². The molecule has 8 heteroatoms. The van der Waals surface area contributed by atoms with Gasteiger partial charge in [0.25, 0.3) is 10.0 Å². The summed E-state index contributed by atoms with van der Waals surface area (Å²) in [7, 11) is -3.65. The molecule has 17 heavy (non-hydrogen) atoms. The van der Waals surface area contributed by atoms with Crippen molar-refractivity contribution in [3.05, 3.63) is 34.6 Å². The van der Waals surface area contributed by atoms with Crippen LogP contribution in [0.15, 0.2) is 34.0 Å². The molecule has 2 N–H and O–H groups in total. The standard InChI is InChI=1S/C9H9BrN4O2S/c1-6-4-8(11-5-7(6)10)14-17(15,16)9-2-3-12-13-9/h2-5H,1H3,(H,11,14)(H,12,13). The fraction of sp³-hybridized carbons (Fsp3) is 0.111.